The molecule has 0 aliphatic rings. The SMILES string of the molecule is CCCCCCCCCC(=O)N/N=C\c1c[nH]c2ccccc12. The van der Waals surface area contributed by atoms with E-state index in [0.717, 1.165) is 29.3 Å². The first kappa shape index (κ1) is 17.3. The van der Waals surface area contributed by atoms with Gasteiger partial charge < -0.3 is 4.98 Å². The minimum atomic E-state index is -0.00495. The third-order valence-electron chi connectivity index (χ3n) is 4.02. The summed E-state index contributed by atoms with van der Waals surface area (Å²) in [4.78, 5) is 14.9. The minimum Gasteiger partial charge on any atom is -0.361 e. The van der Waals surface area contributed by atoms with E-state index >= 15 is 0 Å². The van der Waals surface area contributed by atoms with Crippen LogP contribution in [0.1, 0.15) is 63.9 Å². The van der Waals surface area contributed by atoms with Gasteiger partial charge in [-0.05, 0) is 12.5 Å². The average Bonchev–Trinajstić information content (AvgIpc) is 2.97. The number of carbonyl (C=O) groups is 1. The molecule has 4 nitrogen and oxygen atoms in total. The number of H-pyrrole nitrogens is 1. The van der Waals surface area contributed by atoms with Crippen LogP contribution in [0.25, 0.3) is 10.9 Å². The van der Waals surface area contributed by atoms with Crippen molar-refractivity contribution in [1.82, 2.24) is 10.4 Å². The van der Waals surface area contributed by atoms with E-state index in [2.05, 4.69) is 22.4 Å². The first-order valence-corrected chi connectivity index (χ1v) is 8.69. The highest BCUT2D eigenvalue weighted by molar-refractivity contribution is 5.99. The molecule has 0 fully saturated rings. The van der Waals surface area contributed by atoms with Gasteiger partial charge in [0.25, 0.3) is 0 Å². The quantitative estimate of drug-likeness (QED) is 0.371. The number of rotatable bonds is 10. The normalized spacial score (nSPS) is 11.3. The maximum absolute atomic E-state index is 11.7. The second-order valence-electron chi connectivity index (χ2n) is 5.95. The maximum atomic E-state index is 11.7. The second-order valence-corrected chi connectivity index (χ2v) is 5.95. The van der Waals surface area contributed by atoms with Crippen LogP contribution in [0.5, 0.6) is 0 Å². The summed E-state index contributed by atoms with van der Waals surface area (Å²) in [5, 5.41) is 5.17. The zero-order valence-corrected chi connectivity index (χ0v) is 14.0. The summed E-state index contributed by atoms with van der Waals surface area (Å²) in [6.07, 6.45) is 12.7. The van der Waals surface area contributed by atoms with Gasteiger partial charge in [-0.1, -0.05) is 63.6 Å². The Morgan fingerprint density at radius 3 is 2.70 bits per heavy atom. The number of benzene rings is 1. The fourth-order valence-corrected chi connectivity index (χ4v) is 2.67. The van der Waals surface area contributed by atoms with Crippen molar-refractivity contribution in [1.29, 1.82) is 0 Å². The van der Waals surface area contributed by atoms with Crippen molar-refractivity contribution in [2.45, 2.75) is 58.3 Å². The summed E-state index contributed by atoms with van der Waals surface area (Å²) in [5.74, 6) is -0.00495. The number of hydrogen-bond donors (Lipinski definition) is 2. The van der Waals surface area contributed by atoms with E-state index in [1.165, 1.54) is 32.1 Å². The molecule has 0 aliphatic heterocycles. The highest BCUT2D eigenvalue weighted by Crippen LogP contribution is 2.15. The molecule has 2 rings (SSSR count). The summed E-state index contributed by atoms with van der Waals surface area (Å²) in [7, 11) is 0. The number of nitrogens with one attached hydrogen (secondary N) is 2. The number of carbonyl (C=O) groups excluding carboxylic acids is 1. The highest BCUT2D eigenvalue weighted by atomic mass is 16.2. The molecule has 0 radical (unpaired) electrons. The molecule has 23 heavy (non-hydrogen) atoms. The van der Waals surface area contributed by atoms with E-state index in [4.69, 9.17) is 0 Å². The molecule has 0 unspecified atom stereocenters. The second kappa shape index (κ2) is 9.82. The number of unbranched alkanes of at least 4 members (excludes halogenated alkanes) is 6. The zero-order valence-electron chi connectivity index (χ0n) is 14.0. The first-order chi connectivity index (χ1) is 11.3. The lowest BCUT2D eigenvalue weighted by Crippen LogP contribution is -2.16. The van der Waals surface area contributed by atoms with E-state index in [0.29, 0.717) is 6.42 Å². The monoisotopic (exact) mass is 313 g/mol. The Kier molecular flexibility index (Phi) is 7.37. The topological polar surface area (TPSA) is 57.2 Å². The molecule has 0 aliphatic carbocycles. The van der Waals surface area contributed by atoms with Crippen molar-refractivity contribution in [2.24, 2.45) is 5.10 Å². The van der Waals surface area contributed by atoms with Gasteiger partial charge in [-0.3, -0.25) is 4.79 Å². The molecule has 1 amide bonds. The first-order valence-electron chi connectivity index (χ1n) is 8.69. The molecule has 1 aromatic heterocycles. The highest BCUT2D eigenvalue weighted by Gasteiger charge is 2.01. The van der Waals surface area contributed by atoms with Gasteiger partial charge >= 0.3 is 0 Å². The molecule has 0 atom stereocenters. The van der Waals surface area contributed by atoms with Crippen molar-refractivity contribution in [3.8, 4) is 0 Å². The molecule has 1 aromatic carbocycles. The standard InChI is InChI=1S/C19H27N3O/c1-2-3-4-5-6-7-8-13-19(23)22-21-15-16-14-20-18-12-10-9-11-17(16)18/h9-12,14-15,20H,2-8,13H2,1H3,(H,22,23)/b21-15-. The van der Waals surface area contributed by atoms with Crippen molar-refractivity contribution in [3.05, 3.63) is 36.0 Å². The minimum absolute atomic E-state index is 0.00495. The van der Waals surface area contributed by atoms with Crippen LogP contribution >= 0.6 is 0 Å². The molecular weight excluding hydrogens is 286 g/mol. The Morgan fingerprint density at radius 1 is 1.13 bits per heavy atom. The van der Waals surface area contributed by atoms with Gasteiger partial charge in [0.2, 0.25) is 5.91 Å². The third kappa shape index (κ3) is 5.89. The Morgan fingerprint density at radius 2 is 1.87 bits per heavy atom. The Bertz CT molecular complexity index is 630. The van der Waals surface area contributed by atoms with Gasteiger partial charge in [0.1, 0.15) is 0 Å². The van der Waals surface area contributed by atoms with Crippen molar-refractivity contribution in [3.63, 3.8) is 0 Å². The van der Waals surface area contributed by atoms with Crippen LogP contribution in [0.15, 0.2) is 35.6 Å². The fraction of sp³-hybridized carbons (Fsp3) is 0.474. The van der Waals surface area contributed by atoms with Crippen LogP contribution in [0.3, 0.4) is 0 Å². The van der Waals surface area contributed by atoms with Crippen LogP contribution in [0, 0.1) is 0 Å². The number of aromatic nitrogens is 1. The maximum Gasteiger partial charge on any atom is 0.240 e. The lowest BCUT2D eigenvalue weighted by atomic mass is 10.1. The molecule has 0 saturated carbocycles. The smallest absolute Gasteiger partial charge is 0.240 e. The van der Waals surface area contributed by atoms with Gasteiger partial charge in [-0.25, -0.2) is 5.43 Å². The van der Waals surface area contributed by atoms with Gasteiger partial charge in [-0.15, -0.1) is 0 Å². The van der Waals surface area contributed by atoms with Crippen molar-refractivity contribution >= 4 is 23.0 Å². The number of hydrogen-bond acceptors (Lipinski definition) is 2. The lowest BCUT2D eigenvalue weighted by molar-refractivity contribution is -0.121. The van der Waals surface area contributed by atoms with Crippen LogP contribution in [0.4, 0.5) is 0 Å². The predicted octanol–water partition coefficient (Wildman–Crippen LogP) is 4.76. The van der Waals surface area contributed by atoms with Crippen molar-refractivity contribution < 1.29 is 4.79 Å². The van der Waals surface area contributed by atoms with Crippen LogP contribution in [-0.2, 0) is 4.79 Å². The largest absolute Gasteiger partial charge is 0.361 e. The van der Waals surface area contributed by atoms with Crippen LogP contribution in [0.2, 0.25) is 0 Å². The van der Waals surface area contributed by atoms with Crippen LogP contribution < -0.4 is 5.43 Å². The molecule has 0 saturated heterocycles. The number of para-hydroxylation sites is 1. The Labute approximate surface area is 138 Å². The molecule has 0 spiro atoms. The number of hydrazone groups is 1. The van der Waals surface area contributed by atoms with Crippen molar-refractivity contribution in [2.75, 3.05) is 0 Å². The molecule has 2 N–H and O–H groups in total. The van der Waals surface area contributed by atoms with Gasteiger partial charge in [0.05, 0.1) is 6.21 Å². The Balaban J connectivity index is 1.64. The van der Waals surface area contributed by atoms with Gasteiger partial charge in [0, 0.05) is 29.1 Å². The Hall–Kier alpha value is -2.10. The summed E-state index contributed by atoms with van der Waals surface area (Å²) in [6, 6.07) is 8.04. The number of amides is 1. The molecular formula is C19H27N3O. The molecule has 1 heterocycles. The summed E-state index contributed by atoms with van der Waals surface area (Å²) in [6.45, 7) is 2.22. The molecule has 0 bridgehead atoms. The van der Waals surface area contributed by atoms with Crippen LogP contribution in [-0.4, -0.2) is 17.1 Å². The average molecular weight is 313 g/mol. The lowest BCUT2D eigenvalue weighted by Gasteiger charge is -2.01. The number of fused-ring (bicyclic) bond motifs is 1. The third-order valence-corrected chi connectivity index (χ3v) is 4.02. The summed E-state index contributed by atoms with van der Waals surface area (Å²) in [5.41, 5.74) is 4.67. The van der Waals surface area contributed by atoms with Gasteiger partial charge in [-0.2, -0.15) is 5.10 Å². The summed E-state index contributed by atoms with van der Waals surface area (Å²) < 4.78 is 0. The number of aromatic amines is 1. The van der Waals surface area contributed by atoms with E-state index in [1.54, 1.807) is 6.21 Å². The van der Waals surface area contributed by atoms with Gasteiger partial charge in [0.15, 0.2) is 0 Å². The molecule has 4 heteroatoms. The van der Waals surface area contributed by atoms with E-state index in [-0.39, 0.29) is 5.91 Å². The van der Waals surface area contributed by atoms with E-state index < -0.39 is 0 Å². The zero-order chi connectivity index (χ0) is 16.3. The van der Waals surface area contributed by atoms with E-state index in [9.17, 15) is 4.79 Å². The molecule has 2 aromatic rings. The fourth-order valence-electron chi connectivity index (χ4n) is 2.67. The van der Waals surface area contributed by atoms with E-state index in [1.807, 2.05) is 30.5 Å². The molecule has 124 valence electrons. The summed E-state index contributed by atoms with van der Waals surface area (Å²) >= 11 is 0. The number of nitrogens with zero attached hydrogens (tertiary/aromatic N) is 1. The predicted molar refractivity (Wildman–Crippen MR) is 96.6 cm³/mol.